The maximum Gasteiger partial charge on any atom is 0.276 e. The molecule has 0 radical (unpaired) electrons. The van der Waals surface area contributed by atoms with Gasteiger partial charge in [0.25, 0.3) is 5.56 Å². The summed E-state index contributed by atoms with van der Waals surface area (Å²) in [6.45, 7) is 1.87. The van der Waals surface area contributed by atoms with Gasteiger partial charge in [-0.25, -0.2) is 4.68 Å². The third kappa shape index (κ3) is 3.15. The van der Waals surface area contributed by atoms with Crippen LogP contribution in [0.4, 0.5) is 0 Å². The molecule has 2 aromatic carbocycles. The van der Waals surface area contributed by atoms with Crippen molar-refractivity contribution in [2.75, 3.05) is 0 Å². The topological polar surface area (TPSA) is 36.2 Å². The number of nitrogens with zero attached hydrogens (tertiary/aromatic N) is 2. The van der Waals surface area contributed by atoms with Gasteiger partial charge in [0.15, 0.2) is 0 Å². The first kappa shape index (κ1) is 17.3. The van der Waals surface area contributed by atoms with E-state index in [0.717, 1.165) is 30.5 Å². The lowest BCUT2D eigenvalue weighted by atomic mass is 10.1. The molecule has 0 saturated heterocycles. The Bertz CT molecular complexity index is 993. The zero-order chi connectivity index (χ0) is 18.1. The molecule has 3 aromatic rings. The number of ether oxygens (including phenoxy) is 1. The van der Waals surface area contributed by atoms with Crippen molar-refractivity contribution in [1.29, 1.82) is 0 Å². The summed E-state index contributed by atoms with van der Waals surface area (Å²) in [6.07, 6.45) is 2.02. The van der Waals surface area contributed by atoms with Crippen LogP contribution in [0.5, 0.6) is 5.75 Å². The first-order valence-electron chi connectivity index (χ1n) is 8.61. The van der Waals surface area contributed by atoms with E-state index >= 15 is 0 Å². The molecule has 0 amide bonds. The largest absolute Gasteiger partial charge is 0.487 e. The molecule has 0 spiro atoms. The molecule has 0 atom stereocenters. The Labute approximate surface area is 161 Å². The lowest BCUT2D eigenvalue weighted by Crippen LogP contribution is -2.27. The average molecular weight is 389 g/mol. The molecule has 0 bridgehead atoms. The molecule has 1 aliphatic rings. The number of benzene rings is 2. The average Bonchev–Trinajstić information content (AvgIpc) is 2.93. The van der Waals surface area contributed by atoms with Crippen molar-refractivity contribution >= 4 is 23.2 Å². The van der Waals surface area contributed by atoms with Crippen molar-refractivity contribution in [1.82, 2.24) is 9.36 Å². The van der Waals surface area contributed by atoms with Crippen LogP contribution >= 0.6 is 23.2 Å². The number of fused-ring (bicyclic) bond motifs is 1. The minimum Gasteiger partial charge on any atom is -0.487 e. The Kier molecular flexibility index (Phi) is 4.79. The second-order valence-electron chi connectivity index (χ2n) is 6.34. The van der Waals surface area contributed by atoms with E-state index in [1.807, 2.05) is 41.1 Å². The van der Waals surface area contributed by atoms with E-state index in [-0.39, 0.29) is 5.56 Å². The Balaban J connectivity index is 1.68. The minimum absolute atomic E-state index is 0.0639. The maximum absolute atomic E-state index is 12.8. The zero-order valence-electron chi connectivity index (χ0n) is 14.1. The fourth-order valence-corrected chi connectivity index (χ4v) is 3.81. The maximum atomic E-state index is 12.8. The van der Waals surface area contributed by atoms with Gasteiger partial charge in [-0.1, -0.05) is 59.6 Å². The third-order valence-electron chi connectivity index (χ3n) is 4.62. The summed E-state index contributed by atoms with van der Waals surface area (Å²) < 4.78 is 9.46. The quantitative estimate of drug-likeness (QED) is 0.630. The normalized spacial score (nSPS) is 13.5. The van der Waals surface area contributed by atoms with Crippen molar-refractivity contribution in [2.45, 2.75) is 32.5 Å². The molecular weight excluding hydrogens is 371 g/mol. The first-order valence-corrected chi connectivity index (χ1v) is 9.36. The van der Waals surface area contributed by atoms with Crippen molar-refractivity contribution in [2.24, 2.45) is 0 Å². The molecule has 0 unspecified atom stereocenters. The lowest BCUT2D eigenvalue weighted by molar-refractivity contribution is 0.306. The summed E-state index contributed by atoms with van der Waals surface area (Å²) in [4.78, 5) is 12.8. The van der Waals surface area contributed by atoms with Gasteiger partial charge in [0, 0.05) is 13.1 Å². The van der Waals surface area contributed by atoms with Gasteiger partial charge in [-0.05, 0) is 36.1 Å². The molecule has 4 nitrogen and oxygen atoms in total. The number of rotatable bonds is 4. The van der Waals surface area contributed by atoms with Gasteiger partial charge in [-0.3, -0.25) is 9.48 Å². The standard InChI is InChI=1S/C20H18Cl2N2O2/c21-16-9-8-15(12-17(16)26-13-14-6-2-1-3-7-14)18-19(22)23-10-4-5-11-24(23)20(18)25/h1-3,6-9,12H,4-5,10-11,13H2. The molecule has 0 saturated carbocycles. The summed E-state index contributed by atoms with van der Waals surface area (Å²) in [5, 5.41) is 0.982. The Morgan fingerprint density at radius 3 is 2.42 bits per heavy atom. The first-order chi connectivity index (χ1) is 12.6. The highest BCUT2D eigenvalue weighted by Gasteiger charge is 2.22. The van der Waals surface area contributed by atoms with Gasteiger partial charge in [0.05, 0.1) is 10.6 Å². The zero-order valence-corrected chi connectivity index (χ0v) is 15.6. The van der Waals surface area contributed by atoms with E-state index in [9.17, 15) is 4.79 Å². The minimum atomic E-state index is -0.0639. The van der Waals surface area contributed by atoms with Crippen LogP contribution in [0.2, 0.25) is 10.2 Å². The summed E-state index contributed by atoms with van der Waals surface area (Å²) in [5.41, 5.74) is 2.22. The van der Waals surface area contributed by atoms with E-state index in [4.69, 9.17) is 27.9 Å². The van der Waals surface area contributed by atoms with Gasteiger partial charge < -0.3 is 4.74 Å². The molecule has 1 aromatic heterocycles. The number of hydrogen-bond donors (Lipinski definition) is 0. The predicted octanol–water partition coefficient (Wildman–Crippen LogP) is 5.00. The molecule has 1 aliphatic heterocycles. The van der Waals surface area contributed by atoms with E-state index in [1.54, 1.807) is 16.8 Å². The molecule has 0 aliphatic carbocycles. The molecule has 0 fully saturated rings. The molecular formula is C20H18Cl2N2O2. The SMILES string of the molecule is O=c1c(-c2ccc(Cl)c(OCc3ccccc3)c2)c(Cl)n2n1CCCC2. The fraction of sp³-hybridized carbons (Fsp3) is 0.250. The van der Waals surface area contributed by atoms with Crippen LogP contribution in [0.25, 0.3) is 11.1 Å². The van der Waals surface area contributed by atoms with E-state index in [0.29, 0.717) is 34.6 Å². The number of halogens is 2. The second kappa shape index (κ2) is 7.22. The summed E-state index contributed by atoms with van der Waals surface area (Å²) in [5.74, 6) is 0.539. The smallest absolute Gasteiger partial charge is 0.276 e. The number of hydrogen-bond acceptors (Lipinski definition) is 2. The van der Waals surface area contributed by atoms with Crippen LogP contribution in [0.3, 0.4) is 0 Å². The van der Waals surface area contributed by atoms with Crippen LogP contribution in [0, 0.1) is 0 Å². The molecule has 26 heavy (non-hydrogen) atoms. The fourth-order valence-electron chi connectivity index (χ4n) is 3.27. The van der Waals surface area contributed by atoms with Crippen LogP contribution < -0.4 is 10.3 Å². The van der Waals surface area contributed by atoms with Gasteiger partial charge in [-0.15, -0.1) is 0 Å². The van der Waals surface area contributed by atoms with E-state index in [1.165, 1.54) is 0 Å². The highest BCUT2D eigenvalue weighted by Crippen LogP contribution is 2.33. The predicted molar refractivity (Wildman–Crippen MR) is 104 cm³/mol. The van der Waals surface area contributed by atoms with E-state index in [2.05, 4.69) is 0 Å². The van der Waals surface area contributed by atoms with Crippen molar-refractivity contribution in [3.8, 4) is 16.9 Å². The van der Waals surface area contributed by atoms with Gasteiger partial charge >= 0.3 is 0 Å². The van der Waals surface area contributed by atoms with Crippen LogP contribution in [0.1, 0.15) is 18.4 Å². The van der Waals surface area contributed by atoms with Gasteiger partial charge in [0.1, 0.15) is 17.5 Å². The Morgan fingerprint density at radius 2 is 1.69 bits per heavy atom. The summed E-state index contributed by atoms with van der Waals surface area (Å²) in [6, 6.07) is 15.2. The Morgan fingerprint density at radius 1 is 0.962 bits per heavy atom. The monoisotopic (exact) mass is 388 g/mol. The van der Waals surface area contributed by atoms with Crippen LogP contribution in [-0.2, 0) is 19.7 Å². The Hall–Kier alpha value is -2.17. The van der Waals surface area contributed by atoms with Crippen molar-refractivity contribution in [3.05, 3.63) is 74.6 Å². The molecule has 134 valence electrons. The summed E-state index contributed by atoms with van der Waals surface area (Å²) >= 11 is 12.8. The highest BCUT2D eigenvalue weighted by molar-refractivity contribution is 6.33. The second-order valence-corrected chi connectivity index (χ2v) is 7.11. The molecule has 4 rings (SSSR count). The highest BCUT2D eigenvalue weighted by atomic mass is 35.5. The van der Waals surface area contributed by atoms with Crippen molar-refractivity contribution in [3.63, 3.8) is 0 Å². The third-order valence-corrected chi connectivity index (χ3v) is 5.32. The van der Waals surface area contributed by atoms with Crippen molar-refractivity contribution < 1.29 is 4.74 Å². The van der Waals surface area contributed by atoms with Gasteiger partial charge in [-0.2, -0.15) is 0 Å². The molecule has 2 heterocycles. The number of aromatic nitrogens is 2. The van der Waals surface area contributed by atoms with Crippen LogP contribution in [-0.4, -0.2) is 9.36 Å². The summed E-state index contributed by atoms with van der Waals surface area (Å²) in [7, 11) is 0. The lowest BCUT2D eigenvalue weighted by Gasteiger charge is -2.17. The van der Waals surface area contributed by atoms with E-state index < -0.39 is 0 Å². The molecule has 0 N–H and O–H groups in total. The molecule has 6 heteroatoms. The van der Waals surface area contributed by atoms with Crippen LogP contribution in [0.15, 0.2) is 53.3 Å². The van der Waals surface area contributed by atoms with Gasteiger partial charge in [0.2, 0.25) is 0 Å².